The number of rotatable bonds is 3. The number of nitrogens with one attached hydrogen (secondary N) is 2. The number of para-hydroxylation sites is 1. The molecule has 29 heavy (non-hydrogen) atoms. The number of hydrogen-bond acceptors (Lipinski definition) is 6. The number of aromatic amines is 2. The number of anilines is 1. The SMILES string of the molecule is Cc1[nH]c(=O)[nH]c(=O)c1S(=O)(=O)N1CCC(N2C(=O)OCc3ccccc32)CC1. The summed E-state index contributed by atoms with van der Waals surface area (Å²) < 4.78 is 32.4. The maximum atomic E-state index is 13.0. The summed E-state index contributed by atoms with van der Waals surface area (Å²) in [6, 6.07) is 7.23. The number of nitrogens with zero attached hydrogens (tertiary/aromatic N) is 2. The van der Waals surface area contributed by atoms with Crippen molar-refractivity contribution in [2.24, 2.45) is 0 Å². The van der Waals surface area contributed by atoms with Crippen LogP contribution in [0.15, 0.2) is 38.8 Å². The van der Waals surface area contributed by atoms with E-state index in [1.165, 1.54) is 11.2 Å². The number of carbonyl (C=O) groups excluding carboxylic acids is 1. The van der Waals surface area contributed by atoms with Gasteiger partial charge in [-0.1, -0.05) is 18.2 Å². The maximum absolute atomic E-state index is 13.0. The smallest absolute Gasteiger partial charge is 0.414 e. The van der Waals surface area contributed by atoms with Crippen molar-refractivity contribution < 1.29 is 17.9 Å². The number of fused-ring (bicyclic) bond motifs is 1. The molecule has 0 saturated carbocycles. The number of sulfonamides is 1. The van der Waals surface area contributed by atoms with Crippen molar-refractivity contribution in [1.82, 2.24) is 14.3 Å². The minimum Gasteiger partial charge on any atom is -0.444 e. The van der Waals surface area contributed by atoms with Crippen LogP contribution in [0, 0.1) is 6.92 Å². The molecule has 0 bridgehead atoms. The summed E-state index contributed by atoms with van der Waals surface area (Å²) in [6.45, 7) is 1.86. The van der Waals surface area contributed by atoms with E-state index in [0.29, 0.717) is 12.8 Å². The van der Waals surface area contributed by atoms with E-state index in [1.54, 1.807) is 4.90 Å². The normalized spacial score (nSPS) is 18.4. The minimum atomic E-state index is -4.08. The van der Waals surface area contributed by atoms with Crippen LogP contribution in [0.5, 0.6) is 0 Å². The van der Waals surface area contributed by atoms with Gasteiger partial charge in [-0.05, 0) is 25.8 Å². The highest BCUT2D eigenvalue weighted by Gasteiger charge is 2.38. The molecule has 0 spiro atoms. The van der Waals surface area contributed by atoms with E-state index in [4.69, 9.17) is 4.74 Å². The highest BCUT2D eigenvalue weighted by molar-refractivity contribution is 7.89. The van der Waals surface area contributed by atoms with Crippen LogP contribution in [-0.4, -0.2) is 47.9 Å². The lowest BCUT2D eigenvalue weighted by atomic mass is 10.0. The topological polar surface area (TPSA) is 133 Å². The third-order valence-corrected chi connectivity index (χ3v) is 7.31. The highest BCUT2D eigenvalue weighted by atomic mass is 32.2. The second-order valence-corrected chi connectivity index (χ2v) is 8.93. The summed E-state index contributed by atoms with van der Waals surface area (Å²) in [5, 5.41) is 0. The molecule has 1 amide bonds. The van der Waals surface area contributed by atoms with Gasteiger partial charge in [-0.25, -0.2) is 18.0 Å². The predicted molar refractivity (Wildman–Crippen MR) is 103 cm³/mol. The fourth-order valence-corrected chi connectivity index (χ4v) is 5.56. The van der Waals surface area contributed by atoms with Crippen LogP contribution >= 0.6 is 0 Å². The first-order chi connectivity index (χ1) is 13.8. The fourth-order valence-electron chi connectivity index (χ4n) is 3.89. The highest BCUT2D eigenvalue weighted by Crippen LogP contribution is 2.32. The van der Waals surface area contributed by atoms with Crippen LogP contribution in [0.3, 0.4) is 0 Å². The molecule has 3 heterocycles. The number of ether oxygens (including phenoxy) is 1. The van der Waals surface area contributed by atoms with Crippen molar-refractivity contribution in [1.29, 1.82) is 0 Å². The molecule has 2 aliphatic rings. The average molecular weight is 420 g/mol. The van der Waals surface area contributed by atoms with Crippen molar-refractivity contribution >= 4 is 21.8 Å². The molecule has 0 atom stereocenters. The second-order valence-electron chi connectivity index (χ2n) is 7.05. The Morgan fingerprint density at radius 2 is 1.76 bits per heavy atom. The molecule has 2 aliphatic heterocycles. The summed E-state index contributed by atoms with van der Waals surface area (Å²) in [4.78, 5) is 41.2. The zero-order valence-corrected chi connectivity index (χ0v) is 16.5. The van der Waals surface area contributed by atoms with E-state index < -0.39 is 32.3 Å². The van der Waals surface area contributed by atoms with E-state index in [2.05, 4.69) is 4.98 Å². The van der Waals surface area contributed by atoms with Crippen molar-refractivity contribution in [3.05, 3.63) is 56.4 Å². The lowest BCUT2D eigenvalue weighted by molar-refractivity contribution is 0.136. The van der Waals surface area contributed by atoms with Gasteiger partial charge >= 0.3 is 11.8 Å². The molecule has 1 aromatic carbocycles. The first-order valence-electron chi connectivity index (χ1n) is 9.16. The van der Waals surface area contributed by atoms with Gasteiger partial charge in [0.1, 0.15) is 6.61 Å². The molecular formula is C18H20N4O6S. The zero-order valence-electron chi connectivity index (χ0n) is 15.7. The van der Waals surface area contributed by atoms with Crippen LogP contribution in [0.4, 0.5) is 10.5 Å². The van der Waals surface area contributed by atoms with Crippen LogP contribution in [0.25, 0.3) is 0 Å². The number of hydrogen-bond donors (Lipinski definition) is 2. The zero-order chi connectivity index (χ0) is 20.8. The molecule has 1 aromatic heterocycles. The number of aryl methyl sites for hydroxylation is 1. The number of aromatic nitrogens is 2. The number of cyclic esters (lactones) is 1. The van der Waals surface area contributed by atoms with E-state index in [1.807, 2.05) is 29.2 Å². The van der Waals surface area contributed by atoms with E-state index >= 15 is 0 Å². The number of H-pyrrole nitrogens is 2. The first-order valence-corrected chi connectivity index (χ1v) is 10.6. The molecule has 0 unspecified atom stereocenters. The molecular weight excluding hydrogens is 400 g/mol. The molecule has 2 aromatic rings. The Labute approximate surface area is 166 Å². The monoisotopic (exact) mass is 420 g/mol. The van der Waals surface area contributed by atoms with E-state index in [-0.39, 0.29) is 31.4 Å². The molecule has 0 radical (unpaired) electrons. The first kappa shape index (κ1) is 19.4. The van der Waals surface area contributed by atoms with Gasteiger partial charge in [0.25, 0.3) is 5.56 Å². The Kier molecular flexibility index (Phi) is 4.79. The molecule has 154 valence electrons. The standard InChI is InChI=1S/C18H20N4O6S/c1-11-15(16(23)20-17(24)19-11)29(26,27)21-8-6-13(7-9-21)22-14-5-3-2-4-12(14)10-28-18(22)25/h2-5,13H,6-10H2,1H3,(H2,19,20,23,24). The van der Waals surface area contributed by atoms with Gasteiger partial charge in [0.05, 0.1) is 5.69 Å². The summed E-state index contributed by atoms with van der Waals surface area (Å²) in [5.41, 5.74) is -0.0284. The number of piperidine rings is 1. The molecule has 2 N–H and O–H groups in total. The summed E-state index contributed by atoms with van der Waals surface area (Å²) in [5.74, 6) is 0. The van der Waals surface area contributed by atoms with Crippen molar-refractivity contribution in [2.75, 3.05) is 18.0 Å². The van der Waals surface area contributed by atoms with Gasteiger partial charge in [0.2, 0.25) is 10.0 Å². The van der Waals surface area contributed by atoms with Gasteiger partial charge in [0.15, 0.2) is 4.90 Å². The Bertz CT molecular complexity index is 1180. The second kappa shape index (κ2) is 7.16. The minimum absolute atomic E-state index is 0.00518. The molecule has 10 nitrogen and oxygen atoms in total. The molecule has 0 aliphatic carbocycles. The fraction of sp³-hybridized carbons (Fsp3) is 0.389. The Balaban J connectivity index is 1.57. The van der Waals surface area contributed by atoms with Gasteiger partial charge in [-0.15, -0.1) is 0 Å². The van der Waals surface area contributed by atoms with Gasteiger partial charge in [-0.3, -0.25) is 14.7 Å². The Morgan fingerprint density at radius 3 is 2.45 bits per heavy atom. The van der Waals surface area contributed by atoms with Gasteiger partial charge in [0, 0.05) is 30.4 Å². The summed E-state index contributed by atoms with van der Waals surface area (Å²) in [7, 11) is -4.08. The number of benzene rings is 1. The van der Waals surface area contributed by atoms with Crippen LogP contribution in [0.1, 0.15) is 24.1 Å². The van der Waals surface area contributed by atoms with Crippen molar-refractivity contribution in [3.8, 4) is 0 Å². The molecule has 11 heteroatoms. The van der Waals surface area contributed by atoms with Crippen molar-refractivity contribution in [3.63, 3.8) is 0 Å². The Hall–Kier alpha value is -2.92. The summed E-state index contributed by atoms with van der Waals surface area (Å²) >= 11 is 0. The molecule has 1 saturated heterocycles. The van der Waals surface area contributed by atoms with Crippen LogP contribution < -0.4 is 16.1 Å². The number of amides is 1. The van der Waals surface area contributed by atoms with E-state index in [0.717, 1.165) is 11.3 Å². The summed E-state index contributed by atoms with van der Waals surface area (Å²) in [6.07, 6.45) is 0.337. The van der Waals surface area contributed by atoms with Gasteiger partial charge < -0.3 is 9.72 Å². The van der Waals surface area contributed by atoms with Crippen LogP contribution in [0.2, 0.25) is 0 Å². The predicted octanol–water partition coefficient (Wildman–Crippen LogP) is 0.682. The number of carbonyl (C=O) groups is 1. The third kappa shape index (κ3) is 3.36. The molecule has 4 rings (SSSR count). The van der Waals surface area contributed by atoms with Gasteiger partial charge in [-0.2, -0.15) is 4.31 Å². The van der Waals surface area contributed by atoms with Crippen molar-refractivity contribution in [2.45, 2.75) is 37.3 Å². The lowest BCUT2D eigenvalue weighted by Crippen LogP contribution is -2.51. The average Bonchev–Trinajstić information content (AvgIpc) is 2.67. The maximum Gasteiger partial charge on any atom is 0.414 e. The third-order valence-electron chi connectivity index (χ3n) is 5.26. The van der Waals surface area contributed by atoms with Crippen LogP contribution in [-0.2, 0) is 21.4 Å². The largest absolute Gasteiger partial charge is 0.444 e. The Morgan fingerprint density at radius 1 is 1.07 bits per heavy atom. The quantitative estimate of drug-likeness (QED) is 0.750. The lowest BCUT2D eigenvalue weighted by Gasteiger charge is -2.39. The van der Waals surface area contributed by atoms with E-state index in [9.17, 15) is 22.8 Å². The molecule has 1 fully saturated rings.